The number of halogens is 1. The van der Waals surface area contributed by atoms with Crippen LogP contribution in [0.2, 0.25) is 0 Å². The van der Waals surface area contributed by atoms with Gasteiger partial charge in [-0.25, -0.2) is 9.37 Å². The number of imidazole rings is 1. The average Bonchev–Trinajstić information content (AvgIpc) is 3.16. The van der Waals surface area contributed by atoms with E-state index in [1.807, 2.05) is 41.1 Å². The van der Waals surface area contributed by atoms with Crippen molar-refractivity contribution in [2.45, 2.75) is 26.4 Å². The Labute approximate surface area is 164 Å². The Morgan fingerprint density at radius 2 is 2.04 bits per heavy atom. The van der Waals surface area contributed by atoms with Gasteiger partial charge in [0.1, 0.15) is 5.82 Å². The molecule has 6 heteroatoms. The van der Waals surface area contributed by atoms with Crippen LogP contribution in [0, 0.1) is 12.7 Å². The summed E-state index contributed by atoms with van der Waals surface area (Å²) in [6.45, 7) is 4.22. The van der Waals surface area contributed by atoms with Crippen LogP contribution < -0.4 is 5.32 Å². The predicted molar refractivity (Wildman–Crippen MR) is 111 cm³/mol. The van der Waals surface area contributed by atoms with E-state index in [2.05, 4.69) is 22.1 Å². The second-order valence-corrected chi connectivity index (χ2v) is 6.89. The van der Waals surface area contributed by atoms with Gasteiger partial charge in [0.25, 0.3) is 0 Å². The van der Waals surface area contributed by atoms with Gasteiger partial charge >= 0.3 is 0 Å². The van der Waals surface area contributed by atoms with E-state index in [-0.39, 0.29) is 5.82 Å². The second-order valence-electron chi connectivity index (χ2n) is 6.50. The van der Waals surface area contributed by atoms with E-state index in [0.29, 0.717) is 11.7 Å². The topological polar surface area (TPSA) is 33.1 Å². The van der Waals surface area contributed by atoms with Crippen molar-refractivity contribution in [1.82, 2.24) is 14.5 Å². The number of benzene rings is 2. The Bertz CT molecular complexity index is 862. The van der Waals surface area contributed by atoms with Gasteiger partial charge < -0.3 is 14.8 Å². The first-order valence-corrected chi connectivity index (χ1v) is 9.34. The Balaban J connectivity index is 1.66. The first-order valence-electron chi connectivity index (χ1n) is 8.93. The molecule has 0 amide bonds. The van der Waals surface area contributed by atoms with E-state index in [0.717, 1.165) is 30.8 Å². The molecule has 1 N–H and O–H groups in total. The van der Waals surface area contributed by atoms with Crippen LogP contribution in [0.5, 0.6) is 0 Å². The van der Waals surface area contributed by atoms with E-state index in [1.54, 1.807) is 24.7 Å². The number of nitrogens with zero attached hydrogens (tertiary/aromatic N) is 3. The zero-order valence-corrected chi connectivity index (χ0v) is 16.1. The van der Waals surface area contributed by atoms with Gasteiger partial charge in [-0.1, -0.05) is 29.8 Å². The van der Waals surface area contributed by atoms with Crippen molar-refractivity contribution in [2.75, 3.05) is 11.9 Å². The third-order valence-electron chi connectivity index (χ3n) is 4.26. The summed E-state index contributed by atoms with van der Waals surface area (Å²) in [5.74, 6) is -0.233. The van der Waals surface area contributed by atoms with Crippen LogP contribution in [-0.4, -0.2) is 26.1 Å². The second kappa shape index (κ2) is 9.28. The van der Waals surface area contributed by atoms with Crippen molar-refractivity contribution in [3.63, 3.8) is 0 Å². The van der Waals surface area contributed by atoms with E-state index in [1.165, 1.54) is 11.6 Å². The summed E-state index contributed by atoms with van der Waals surface area (Å²) in [5, 5.41) is 3.93. The lowest BCUT2D eigenvalue weighted by molar-refractivity contribution is 0.395. The Hall–Kier alpha value is -2.73. The van der Waals surface area contributed by atoms with Gasteiger partial charge in [-0.15, -0.1) is 0 Å². The molecule has 1 aromatic heterocycles. The van der Waals surface area contributed by atoms with Crippen molar-refractivity contribution >= 4 is 23.0 Å². The molecular weight excluding hydrogens is 359 g/mol. The monoisotopic (exact) mass is 382 g/mol. The number of aromatic nitrogens is 2. The van der Waals surface area contributed by atoms with E-state index >= 15 is 0 Å². The molecule has 3 rings (SSSR count). The smallest absolute Gasteiger partial charge is 0.173 e. The molecule has 140 valence electrons. The molecule has 1 heterocycles. The number of hydrogen-bond donors (Lipinski definition) is 1. The number of anilines is 1. The molecule has 0 radical (unpaired) electrons. The van der Waals surface area contributed by atoms with Crippen molar-refractivity contribution in [3.8, 4) is 0 Å². The highest BCUT2D eigenvalue weighted by atomic mass is 32.1. The number of rotatable bonds is 7. The summed E-state index contributed by atoms with van der Waals surface area (Å²) in [6.07, 6.45) is 6.43. The molecule has 0 spiro atoms. The lowest BCUT2D eigenvalue weighted by Gasteiger charge is -2.26. The van der Waals surface area contributed by atoms with Gasteiger partial charge in [-0.05, 0) is 55.4 Å². The van der Waals surface area contributed by atoms with Crippen LogP contribution in [0.1, 0.15) is 17.5 Å². The Morgan fingerprint density at radius 1 is 1.22 bits per heavy atom. The van der Waals surface area contributed by atoms with Gasteiger partial charge in [0.2, 0.25) is 0 Å². The van der Waals surface area contributed by atoms with Crippen LogP contribution in [0.25, 0.3) is 0 Å². The van der Waals surface area contributed by atoms with Gasteiger partial charge in [-0.2, -0.15) is 0 Å². The molecular formula is C21H23FN4S. The van der Waals surface area contributed by atoms with Gasteiger partial charge in [0.15, 0.2) is 5.11 Å². The molecule has 3 aromatic rings. The zero-order valence-electron chi connectivity index (χ0n) is 15.3. The van der Waals surface area contributed by atoms with Crippen LogP contribution in [0.4, 0.5) is 10.1 Å². The lowest BCUT2D eigenvalue weighted by atomic mass is 10.2. The first kappa shape index (κ1) is 19.0. The van der Waals surface area contributed by atoms with Crippen LogP contribution >= 0.6 is 12.2 Å². The van der Waals surface area contributed by atoms with E-state index in [4.69, 9.17) is 12.2 Å². The molecule has 0 aliphatic heterocycles. The van der Waals surface area contributed by atoms with Crippen molar-refractivity contribution in [2.24, 2.45) is 0 Å². The number of nitrogens with one attached hydrogen (secondary N) is 1. The molecule has 0 bridgehead atoms. The minimum absolute atomic E-state index is 0.233. The summed E-state index contributed by atoms with van der Waals surface area (Å²) in [4.78, 5) is 6.14. The molecule has 0 unspecified atom stereocenters. The highest BCUT2D eigenvalue weighted by molar-refractivity contribution is 7.80. The van der Waals surface area contributed by atoms with Crippen molar-refractivity contribution in [1.29, 1.82) is 0 Å². The molecule has 0 aliphatic rings. The molecule has 2 aromatic carbocycles. The minimum atomic E-state index is -0.233. The van der Waals surface area contributed by atoms with E-state index < -0.39 is 0 Å². The quantitative estimate of drug-likeness (QED) is 0.605. The van der Waals surface area contributed by atoms with Crippen LogP contribution in [0.3, 0.4) is 0 Å². The van der Waals surface area contributed by atoms with E-state index in [9.17, 15) is 4.39 Å². The zero-order chi connectivity index (χ0) is 19.1. The van der Waals surface area contributed by atoms with Gasteiger partial charge in [0.05, 0.1) is 6.33 Å². The molecule has 0 aliphatic carbocycles. The highest BCUT2D eigenvalue weighted by Crippen LogP contribution is 2.13. The third-order valence-corrected chi connectivity index (χ3v) is 4.62. The highest BCUT2D eigenvalue weighted by Gasteiger charge is 2.11. The Morgan fingerprint density at radius 3 is 2.74 bits per heavy atom. The largest absolute Gasteiger partial charge is 0.345 e. The Kier molecular flexibility index (Phi) is 6.54. The fourth-order valence-corrected chi connectivity index (χ4v) is 3.08. The molecule has 0 saturated carbocycles. The van der Waals surface area contributed by atoms with Crippen molar-refractivity contribution in [3.05, 3.63) is 84.2 Å². The predicted octanol–water partition coefficient (Wildman–Crippen LogP) is 4.62. The number of thiocarbonyl (C=S) groups is 1. The first-order chi connectivity index (χ1) is 13.1. The minimum Gasteiger partial charge on any atom is -0.345 e. The SMILES string of the molecule is Cc1ccc(NC(=S)N(CCCn2ccnc2)Cc2cccc(F)c2)cc1. The summed E-state index contributed by atoms with van der Waals surface area (Å²) >= 11 is 5.64. The normalized spacial score (nSPS) is 10.6. The summed E-state index contributed by atoms with van der Waals surface area (Å²) in [7, 11) is 0. The summed E-state index contributed by atoms with van der Waals surface area (Å²) in [6, 6.07) is 14.8. The van der Waals surface area contributed by atoms with Gasteiger partial charge in [0, 0.05) is 37.7 Å². The average molecular weight is 383 g/mol. The third kappa shape index (κ3) is 5.89. The maximum absolute atomic E-state index is 13.6. The van der Waals surface area contributed by atoms with Gasteiger partial charge in [-0.3, -0.25) is 0 Å². The fourth-order valence-electron chi connectivity index (χ4n) is 2.81. The molecule has 0 saturated heterocycles. The molecule has 0 atom stereocenters. The number of aryl methyl sites for hydroxylation is 2. The standard InChI is InChI=1S/C21H23FN4S/c1-17-6-8-20(9-7-17)24-21(27)26(12-3-11-25-13-10-23-16-25)15-18-4-2-5-19(22)14-18/h2,4-10,13-14,16H,3,11-12,15H2,1H3,(H,24,27). The maximum atomic E-state index is 13.6. The van der Waals surface area contributed by atoms with Crippen LogP contribution in [0.15, 0.2) is 67.3 Å². The van der Waals surface area contributed by atoms with Crippen molar-refractivity contribution < 1.29 is 4.39 Å². The molecule has 0 fully saturated rings. The number of hydrogen-bond acceptors (Lipinski definition) is 2. The van der Waals surface area contributed by atoms with Crippen LogP contribution in [-0.2, 0) is 13.1 Å². The molecule has 4 nitrogen and oxygen atoms in total. The lowest BCUT2D eigenvalue weighted by Crippen LogP contribution is -2.35. The fraction of sp³-hybridized carbons (Fsp3) is 0.238. The summed E-state index contributed by atoms with van der Waals surface area (Å²) in [5.41, 5.74) is 3.04. The summed E-state index contributed by atoms with van der Waals surface area (Å²) < 4.78 is 15.6. The maximum Gasteiger partial charge on any atom is 0.173 e. The molecule has 27 heavy (non-hydrogen) atoms.